The molecule has 0 saturated heterocycles. The summed E-state index contributed by atoms with van der Waals surface area (Å²) < 4.78 is 41.4. The van der Waals surface area contributed by atoms with Gasteiger partial charge in [-0.3, -0.25) is 5.04 Å². The average molecular weight is 806 g/mol. The van der Waals surface area contributed by atoms with Crippen LogP contribution in [-0.4, -0.2) is 68.2 Å². The maximum Gasteiger partial charge on any atom is 1.00 e. The Morgan fingerprint density at radius 2 is 1.37 bits per heavy atom. The molecular weight excluding hydrogens is 781 g/mol. The third-order valence-corrected chi connectivity index (χ3v) is 8.30. The second kappa shape index (κ2) is 20.7. The number of anilines is 7. The minimum absolute atomic E-state index is 0. The monoisotopic (exact) mass is 804 g/mol. The average Bonchev–Trinajstić information content (AvgIpc) is 3.07. The molecule has 17 nitrogen and oxygen atoms in total. The molecule has 260 valence electrons. The number of halogens is 2. The normalized spacial score (nSPS) is 11.0. The molecule has 5 aromatic rings. The van der Waals surface area contributed by atoms with Crippen molar-refractivity contribution >= 4 is 98.4 Å². The molecule has 4 N–H and O–H groups in total. The van der Waals surface area contributed by atoms with E-state index in [0.717, 1.165) is 11.8 Å². The van der Waals surface area contributed by atoms with E-state index in [1.54, 1.807) is 25.2 Å². The van der Waals surface area contributed by atoms with E-state index in [0.29, 0.717) is 28.2 Å². The molecule has 0 fully saturated rings. The largest absolute Gasteiger partial charge is 1.00 e. The minimum atomic E-state index is -4.98. The maximum atomic E-state index is 12.3. The Balaban J connectivity index is 0.00000364. The number of hydrogen-bond acceptors (Lipinski definition) is 18. The molecule has 0 aliphatic carbocycles. The van der Waals surface area contributed by atoms with E-state index in [1.807, 2.05) is 30.3 Å². The Labute approximate surface area is 356 Å². The van der Waals surface area contributed by atoms with Crippen LogP contribution in [-0.2, 0) is 19.5 Å². The molecule has 3 aromatic carbocycles. The van der Waals surface area contributed by atoms with Gasteiger partial charge < -0.3 is 35.8 Å². The van der Waals surface area contributed by atoms with Crippen molar-refractivity contribution in [3.63, 3.8) is 0 Å². The molecule has 0 aliphatic heterocycles. The number of aliphatic hydroxyl groups excluding tert-OH is 1. The number of likely N-dealkylation sites (N-methyl/N-ethyl adjacent to an activating group) is 1. The van der Waals surface area contributed by atoms with Crippen molar-refractivity contribution in [2.75, 3.05) is 41.0 Å². The van der Waals surface area contributed by atoms with Gasteiger partial charge in [0.1, 0.15) is 10.1 Å². The fourth-order valence-corrected chi connectivity index (χ4v) is 5.73. The zero-order valence-electron chi connectivity index (χ0n) is 27.5. The van der Waals surface area contributed by atoms with Gasteiger partial charge in [0.15, 0.2) is 0 Å². The number of rotatable bonds is 15. The summed E-state index contributed by atoms with van der Waals surface area (Å²) in [7, 11) is -3.34. The van der Waals surface area contributed by atoms with Crippen molar-refractivity contribution in [2.45, 2.75) is 9.79 Å². The summed E-state index contributed by atoms with van der Waals surface area (Å²) in [4.78, 5) is 26.0. The summed E-state index contributed by atoms with van der Waals surface area (Å²) in [6, 6.07) is 18.1. The first kappa shape index (κ1) is 43.7. The van der Waals surface area contributed by atoms with Crippen LogP contribution in [0, 0.1) is 0 Å². The van der Waals surface area contributed by atoms with Gasteiger partial charge in [-0.15, -0.1) is 0 Å². The fourth-order valence-electron chi connectivity index (χ4n) is 4.21. The van der Waals surface area contributed by atoms with Crippen LogP contribution >= 0.6 is 35.2 Å². The zero-order chi connectivity index (χ0) is 35.7. The van der Waals surface area contributed by atoms with E-state index in [2.05, 4.69) is 55.2 Å². The first-order chi connectivity index (χ1) is 24.0. The van der Waals surface area contributed by atoms with E-state index in [1.165, 1.54) is 29.2 Å². The Morgan fingerprint density at radius 1 is 0.808 bits per heavy atom. The van der Waals surface area contributed by atoms with E-state index in [-0.39, 0.29) is 118 Å². The van der Waals surface area contributed by atoms with E-state index < -0.39 is 15.0 Å². The van der Waals surface area contributed by atoms with Gasteiger partial charge in [-0.2, -0.15) is 34.2 Å². The number of nitrogens with zero attached hydrogens (tertiary/aromatic N) is 7. The van der Waals surface area contributed by atoms with Gasteiger partial charge >= 0.3 is 59.1 Å². The van der Waals surface area contributed by atoms with Crippen LogP contribution in [0.2, 0.25) is 10.6 Å². The summed E-state index contributed by atoms with van der Waals surface area (Å²) in [6.45, 7) is 0.0592. The summed E-state index contributed by atoms with van der Waals surface area (Å²) in [6.07, 6.45) is 2.91. The van der Waals surface area contributed by atoms with Crippen molar-refractivity contribution in [1.29, 1.82) is 0 Å². The molecule has 2 heterocycles. The summed E-state index contributed by atoms with van der Waals surface area (Å²) in [5, 5.41) is 32.0. The van der Waals surface area contributed by atoms with Crippen molar-refractivity contribution in [3.05, 3.63) is 88.4 Å². The fraction of sp³-hybridized carbons (Fsp3) is 0.103. The molecule has 0 bridgehead atoms. The van der Waals surface area contributed by atoms with Gasteiger partial charge in [-0.05, 0) is 70.7 Å². The van der Waals surface area contributed by atoms with Gasteiger partial charge in [0.2, 0.25) is 34.4 Å². The zero-order valence-corrected chi connectivity index (χ0v) is 34.7. The minimum Gasteiger partial charge on any atom is -0.744 e. The number of benzene rings is 3. The molecule has 5 rings (SSSR count). The second-order valence-electron chi connectivity index (χ2n) is 9.88. The predicted octanol–water partition coefficient (Wildman–Crippen LogP) is -1.66. The second-order valence-corrected chi connectivity index (χ2v) is 12.6. The van der Waals surface area contributed by atoms with Crippen molar-refractivity contribution in [1.82, 2.24) is 29.9 Å². The molecule has 0 spiro atoms. The Hall–Kier alpha value is -2.70. The molecular formula is C29H24Cl2N10Na2O7S2. The number of aliphatic hydroxyl groups is 1. The summed E-state index contributed by atoms with van der Waals surface area (Å²) >= 11 is 12.7. The third kappa shape index (κ3) is 12.7. The van der Waals surface area contributed by atoms with Crippen molar-refractivity contribution in [2.24, 2.45) is 0 Å². The van der Waals surface area contributed by atoms with Gasteiger partial charge in [0, 0.05) is 35.6 Å². The molecule has 0 unspecified atom stereocenters. The molecule has 0 atom stereocenters. The van der Waals surface area contributed by atoms with Crippen LogP contribution in [0.25, 0.3) is 12.2 Å². The third-order valence-electron chi connectivity index (χ3n) is 6.41. The van der Waals surface area contributed by atoms with Crippen LogP contribution in [0.1, 0.15) is 11.1 Å². The van der Waals surface area contributed by atoms with Crippen molar-refractivity contribution < 1.29 is 91.8 Å². The summed E-state index contributed by atoms with van der Waals surface area (Å²) in [5.41, 5.74) is 1.86. The number of hydrogen-bond donors (Lipinski definition) is 4. The smallest absolute Gasteiger partial charge is 0.744 e. The molecule has 2 aromatic heterocycles. The van der Waals surface area contributed by atoms with Crippen LogP contribution in [0.4, 0.5) is 40.9 Å². The van der Waals surface area contributed by atoms with E-state index in [9.17, 15) is 23.3 Å². The molecule has 0 radical (unpaired) electrons. The van der Waals surface area contributed by atoms with Gasteiger partial charge in [0.25, 0.3) is 0 Å². The standard InChI is InChI=1S/C29H26Cl2N10O7S2.2Na/c1-41(13-14-42)29-38-25(31)37-28(40-29)34-21-12-10-18(23(16-21)50(44,45)46)8-7-17-9-11-20(15-22(17)49-48-47-43)33-27-36-24(30)35-26(39-27)32-19-5-3-2-4-6-19;;/h2-12,15-16,42-43H,13-14H2,1H3,(H,44,45,46)(H,34,37,38,40)(H2,32,33,35,36,39);;/q;2*+1/p-2/b8-7+;;. The van der Waals surface area contributed by atoms with Gasteiger partial charge in [-0.25, -0.2) is 8.42 Å². The Morgan fingerprint density at radius 3 is 1.98 bits per heavy atom. The molecule has 0 saturated carbocycles. The van der Waals surface area contributed by atoms with E-state index in [4.69, 9.17) is 23.2 Å². The topological polar surface area (TPSA) is 236 Å². The number of nitrogens with one attached hydrogen (secondary N) is 3. The molecule has 52 heavy (non-hydrogen) atoms. The maximum absolute atomic E-state index is 12.3. The molecule has 0 amide bonds. The molecule has 0 aliphatic rings. The van der Waals surface area contributed by atoms with Crippen LogP contribution < -0.4 is 85.2 Å². The van der Waals surface area contributed by atoms with Crippen LogP contribution in [0.5, 0.6) is 0 Å². The quantitative estimate of drug-likeness (QED) is 0.0231. The van der Waals surface area contributed by atoms with Gasteiger partial charge in [0.05, 0.1) is 23.5 Å². The van der Waals surface area contributed by atoms with Crippen LogP contribution in [0.3, 0.4) is 0 Å². The number of para-hydroxylation sites is 1. The van der Waals surface area contributed by atoms with E-state index >= 15 is 0 Å². The Kier molecular flexibility index (Phi) is 17.4. The van der Waals surface area contributed by atoms with Gasteiger partial charge in [-0.1, -0.05) is 42.5 Å². The van der Waals surface area contributed by atoms with Crippen molar-refractivity contribution in [3.8, 4) is 0 Å². The Bertz CT molecular complexity index is 2110. The predicted molar refractivity (Wildman–Crippen MR) is 184 cm³/mol. The first-order valence-electron chi connectivity index (χ1n) is 14.1. The number of aromatic nitrogens is 6. The summed E-state index contributed by atoms with van der Waals surface area (Å²) in [5.74, 6) is 0.423. The molecule has 23 heteroatoms. The van der Waals surface area contributed by atoms with Crippen LogP contribution in [0.15, 0.2) is 76.5 Å². The first-order valence-corrected chi connectivity index (χ1v) is 17.0. The SMILES string of the molecule is CN(CCO)c1nc(Cl)nc(Nc2ccc(/C=C/c3ccc(Nc4nc(Cl)nc(Nc5ccccc5)n4)cc3SOO[O-])c(S(=O)(=O)[O-])c2)n1.[Na+].[Na+].